The lowest BCUT2D eigenvalue weighted by Crippen LogP contribution is -2.40. The highest BCUT2D eigenvalue weighted by Crippen LogP contribution is 2.35. The van der Waals surface area contributed by atoms with Gasteiger partial charge >= 0.3 is 0 Å². The zero-order chi connectivity index (χ0) is 15.4. The van der Waals surface area contributed by atoms with Gasteiger partial charge in [0.25, 0.3) is 5.69 Å². The predicted molar refractivity (Wildman–Crippen MR) is 93.3 cm³/mol. The summed E-state index contributed by atoms with van der Waals surface area (Å²) in [6.07, 6.45) is 2.20. The fourth-order valence-electron chi connectivity index (χ4n) is 2.72. The topological polar surface area (TPSA) is 46.4 Å². The summed E-state index contributed by atoms with van der Waals surface area (Å²) < 4.78 is 0.752. The van der Waals surface area contributed by atoms with Gasteiger partial charge in [0.1, 0.15) is 5.69 Å². The van der Waals surface area contributed by atoms with E-state index in [9.17, 15) is 10.1 Å². The summed E-state index contributed by atoms with van der Waals surface area (Å²) in [5.74, 6) is 2.76. The third-order valence-electron chi connectivity index (χ3n) is 3.64. The normalized spacial score (nSPS) is 16.2. The summed E-state index contributed by atoms with van der Waals surface area (Å²) in [6.45, 7) is 5.18. The molecule has 1 aromatic rings. The first-order chi connectivity index (χ1) is 9.99. The van der Waals surface area contributed by atoms with Crippen molar-refractivity contribution < 1.29 is 4.92 Å². The number of benzene rings is 1. The molecule has 0 N–H and O–H groups in total. The van der Waals surface area contributed by atoms with Crippen molar-refractivity contribution in [2.45, 2.75) is 32.7 Å². The molecule has 0 aliphatic carbocycles. The quantitative estimate of drug-likeness (QED) is 0.554. The Bertz CT molecular complexity index is 504. The summed E-state index contributed by atoms with van der Waals surface area (Å²) in [5, 5.41) is 11.4. The zero-order valence-electron chi connectivity index (χ0n) is 12.4. The summed E-state index contributed by atoms with van der Waals surface area (Å²) in [5.41, 5.74) is 0.956. The highest BCUT2D eigenvalue weighted by Gasteiger charge is 2.27. The van der Waals surface area contributed by atoms with Crippen LogP contribution in [0.4, 0.5) is 11.4 Å². The van der Waals surface area contributed by atoms with Crippen LogP contribution in [-0.4, -0.2) is 29.0 Å². The minimum atomic E-state index is -0.273. The van der Waals surface area contributed by atoms with Crippen LogP contribution in [0.5, 0.6) is 0 Å². The molecule has 0 amide bonds. The number of anilines is 1. The summed E-state index contributed by atoms with van der Waals surface area (Å²) in [4.78, 5) is 13.4. The number of nitrogens with zero attached hydrogens (tertiary/aromatic N) is 2. The SMILES string of the molecule is CC(C)CN(c1ccc(Br)cc1[N+](=O)[O-])C1CCSCC1. The third kappa shape index (κ3) is 4.36. The molecule has 4 nitrogen and oxygen atoms in total. The Balaban J connectivity index is 2.37. The Hall–Kier alpha value is -0.750. The van der Waals surface area contributed by atoms with Crippen LogP contribution in [0, 0.1) is 16.0 Å². The summed E-state index contributed by atoms with van der Waals surface area (Å²) in [6, 6.07) is 5.80. The van der Waals surface area contributed by atoms with E-state index in [1.807, 2.05) is 23.9 Å². The van der Waals surface area contributed by atoms with Crippen LogP contribution >= 0.6 is 27.7 Å². The number of hydrogen-bond acceptors (Lipinski definition) is 4. The largest absolute Gasteiger partial charge is 0.363 e. The number of rotatable bonds is 5. The van der Waals surface area contributed by atoms with Crippen molar-refractivity contribution in [3.63, 3.8) is 0 Å². The fraction of sp³-hybridized carbons (Fsp3) is 0.600. The number of hydrogen-bond donors (Lipinski definition) is 0. The molecule has 1 aliphatic heterocycles. The molecular formula is C15H21BrN2O2S. The van der Waals surface area contributed by atoms with E-state index in [-0.39, 0.29) is 10.6 Å². The van der Waals surface area contributed by atoms with Crippen molar-refractivity contribution >= 4 is 39.1 Å². The van der Waals surface area contributed by atoms with E-state index in [0.717, 1.165) is 41.1 Å². The molecule has 1 saturated heterocycles. The van der Waals surface area contributed by atoms with Crippen LogP contribution in [0.1, 0.15) is 26.7 Å². The van der Waals surface area contributed by atoms with Crippen molar-refractivity contribution in [3.05, 3.63) is 32.8 Å². The maximum Gasteiger partial charge on any atom is 0.293 e. The van der Waals surface area contributed by atoms with Gasteiger partial charge in [-0.15, -0.1) is 0 Å². The monoisotopic (exact) mass is 372 g/mol. The van der Waals surface area contributed by atoms with Gasteiger partial charge in [-0.1, -0.05) is 29.8 Å². The van der Waals surface area contributed by atoms with Crippen LogP contribution in [0.25, 0.3) is 0 Å². The van der Waals surface area contributed by atoms with Crippen LogP contribution in [0.3, 0.4) is 0 Å². The maximum absolute atomic E-state index is 11.4. The zero-order valence-corrected chi connectivity index (χ0v) is 14.8. The lowest BCUT2D eigenvalue weighted by Gasteiger charge is -2.36. The van der Waals surface area contributed by atoms with E-state index >= 15 is 0 Å². The fourth-order valence-corrected chi connectivity index (χ4v) is 4.15. The molecule has 0 atom stereocenters. The molecule has 0 saturated carbocycles. The second-order valence-corrected chi connectivity index (χ2v) is 7.92. The molecule has 1 heterocycles. The predicted octanol–water partition coefficient (Wildman–Crippen LogP) is 4.72. The van der Waals surface area contributed by atoms with E-state index < -0.39 is 0 Å². The van der Waals surface area contributed by atoms with E-state index in [4.69, 9.17) is 0 Å². The third-order valence-corrected chi connectivity index (χ3v) is 5.18. The van der Waals surface area contributed by atoms with Gasteiger partial charge in [-0.2, -0.15) is 11.8 Å². The molecule has 1 fully saturated rings. The van der Waals surface area contributed by atoms with Gasteiger partial charge in [-0.25, -0.2) is 0 Å². The minimum Gasteiger partial charge on any atom is -0.363 e. The second-order valence-electron chi connectivity index (χ2n) is 5.78. The Labute approximate surface area is 138 Å². The number of halogens is 1. The molecule has 0 bridgehead atoms. The molecular weight excluding hydrogens is 352 g/mol. The van der Waals surface area contributed by atoms with E-state index in [1.54, 1.807) is 6.07 Å². The smallest absolute Gasteiger partial charge is 0.293 e. The first-order valence-electron chi connectivity index (χ1n) is 7.27. The van der Waals surface area contributed by atoms with Gasteiger partial charge in [-0.3, -0.25) is 10.1 Å². The van der Waals surface area contributed by atoms with Crippen molar-refractivity contribution in [3.8, 4) is 0 Å². The lowest BCUT2D eigenvalue weighted by atomic mass is 10.0. The average molecular weight is 373 g/mol. The summed E-state index contributed by atoms with van der Waals surface area (Å²) in [7, 11) is 0. The molecule has 6 heteroatoms. The molecule has 0 aromatic heterocycles. The van der Waals surface area contributed by atoms with Crippen LogP contribution in [0.2, 0.25) is 0 Å². The van der Waals surface area contributed by atoms with E-state index in [0.29, 0.717) is 12.0 Å². The van der Waals surface area contributed by atoms with Crippen molar-refractivity contribution in [2.75, 3.05) is 23.0 Å². The molecule has 0 unspecified atom stereocenters. The van der Waals surface area contributed by atoms with Crippen molar-refractivity contribution in [1.82, 2.24) is 0 Å². The maximum atomic E-state index is 11.4. The molecule has 1 aromatic carbocycles. The lowest BCUT2D eigenvalue weighted by molar-refractivity contribution is -0.384. The number of nitro groups is 1. The first-order valence-corrected chi connectivity index (χ1v) is 9.22. The van der Waals surface area contributed by atoms with Crippen molar-refractivity contribution in [1.29, 1.82) is 0 Å². The summed E-state index contributed by atoms with van der Waals surface area (Å²) >= 11 is 5.31. The average Bonchev–Trinajstić information content (AvgIpc) is 2.45. The van der Waals surface area contributed by atoms with Crippen LogP contribution in [0.15, 0.2) is 22.7 Å². The molecule has 0 radical (unpaired) electrons. The molecule has 0 spiro atoms. The Morgan fingerprint density at radius 1 is 1.43 bits per heavy atom. The Morgan fingerprint density at radius 2 is 2.10 bits per heavy atom. The number of thioether (sulfide) groups is 1. The van der Waals surface area contributed by atoms with Crippen molar-refractivity contribution in [2.24, 2.45) is 5.92 Å². The molecule has 2 rings (SSSR count). The highest BCUT2D eigenvalue weighted by atomic mass is 79.9. The van der Waals surface area contributed by atoms with Gasteiger partial charge < -0.3 is 4.90 Å². The van der Waals surface area contributed by atoms with Crippen LogP contribution < -0.4 is 4.90 Å². The molecule has 116 valence electrons. The Morgan fingerprint density at radius 3 is 2.67 bits per heavy atom. The van der Waals surface area contributed by atoms with Gasteiger partial charge in [0.05, 0.1) is 4.92 Å². The van der Waals surface area contributed by atoms with Crippen LogP contribution in [-0.2, 0) is 0 Å². The highest BCUT2D eigenvalue weighted by molar-refractivity contribution is 9.10. The van der Waals surface area contributed by atoms with E-state index in [2.05, 4.69) is 34.7 Å². The standard InChI is InChI=1S/C15H21BrN2O2S/c1-11(2)10-17(13-5-7-21-8-6-13)14-4-3-12(16)9-15(14)18(19)20/h3-4,9,11,13H,5-8,10H2,1-2H3. The van der Waals surface area contributed by atoms with Gasteiger partial charge in [0.15, 0.2) is 0 Å². The Kier molecular flexibility index (Phi) is 5.93. The number of nitro benzene ring substituents is 1. The van der Waals surface area contributed by atoms with Gasteiger partial charge in [0, 0.05) is 23.1 Å². The van der Waals surface area contributed by atoms with Gasteiger partial charge in [0.2, 0.25) is 0 Å². The van der Waals surface area contributed by atoms with E-state index in [1.165, 1.54) is 0 Å². The second kappa shape index (κ2) is 7.49. The first kappa shape index (κ1) is 16.6. The molecule has 21 heavy (non-hydrogen) atoms. The van der Waals surface area contributed by atoms with Gasteiger partial charge in [-0.05, 0) is 42.4 Å². The minimum absolute atomic E-state index is 0.197. The molecule has 1 aliphatic rings.